The summed E-state index contributed by atoms with van der Waals surface area (Å²) in [6, 6.07) is 15.6. The van der Waals surface area contributed by atoms with Gasteiger partial charge in [0.25, 0.3) is 17.4 Å². The lowest BCUT2D eigenvalue weighted by atomic mass is 9.82. The number of hydrogen-bond donors (Lipinski definition) is 1. The number of fused-ring (bicyclic) bond motifs is 4. The van der Waals surface area contributed by atoms with Gasteiger partial charge in [-0.3, -0.25) is 14.4 Å². The summed E-state index contributed by atoms with van der Waals surface area (Å²) in [6.07, 6.45) is 2.29. The number of carbonyl (C=O) groups is 2. The van der Waals surface area contributed by atoms with Crippen LogP contribution in [0.5, 0.6) is 5.75 Å². The molecule has 164 valence electrons. The highest BCUT2D eigenvalue weighted by Gasteiger charge is 2.38. The van der Waals surface area contributed by atoms with Gasteiger partial charge in [-0.25, -0.2) is 0 Å². The first-order valence-electron chi connectivity index (χ1n) is 10.6. The minimum absolute atomic E-state index is 0.0346. The van der Waals surface area contributed by atoms with Crippen LogP contribution in [0.25, 0.3) is 0 Å². The zero-order valence-corrected chi connectivity index (χ0v) is 17.4. The number of nitrogens with one attached hydrogen (secondary N) is 1. The van der Waals surface area contributed by atoms with Crippen molar-refractivity contribution in [3.63, 3.8) is 0 Å². The highest BCUT2D eigenvalue weighted by atomic mass is 16.5. The van der Waals surface area contributed by atoms with Crippen molar-refractivity contribution < 1.29 is 18.7 Å². The quantitative estimate of drug-likeness (QED) is 0.668. The predicted octanol–water partition coefficient (Wildman–Crippen LogP) is 2.72. The molecular formula is C24H23N3O5. The lowest BCUT2D eigenvalue weighted by molar-refractivity contribution is -0.136. The van der Waals surface area contributed by atoms with E-state index in [1.807, 2.05) is 30.3 Å². The lowest BCUT2D eigenvalue weighted by Gasteiger charge is -2.43. The summed E-state index contributed by atoms with van der Waals surface area (Å²) in [7, 11) is 0. The number of ether oxygens (including phenoxy) is 1. The van der Waals surface area contributed by atoms with Crippen LogP contribution < -0.4 is 15.6 Å². The van der Waals surface area contributed by atoms with Crippen LogP contribution in [-0.4, -0.2) is 41.0 Å². The summed E-state index contributed by atoms with van der Waals surface area (Å²) in [5.41, 5.74) is 1.23. The molecule has 0 radical (unpaired) electrons. The van der Waals surface area contributed by atoms with Crippen LogP contribution in [0.2, 0.25) is 0 Å². The van der Waals surface area contributed by atoms with E-state index >= 15 is 0 Å². The maximum Gasteiger partial charge on any atom is 0.291 e. The van der Waals surface area contributed by atoms with E-state index in [1.54, 1.807) is 27.7 Å². The molecule has 3 aromatic rings. The average molecular weight is 433 g/mol. The molecule has 0 saturated carbocycles. The topological polar surface area (TPSA) is 93.8 Å². The maximum atomic E-state index is 12.8. The van der Waals surface area contributed by atoms with Crippen molar-refractivity contribution in [3.8, 4) is 5.75 Å². The van der Waals surface area contributed by atoms with Crippen LogP contribution in [0.1, 0.15) is 28.6 Å². The van der Waals surface area contributed by atoms with Gasteiger partial charge in [0.15, 0.2) is 12.4 Å². The predicted molar refractivity (Wildman–Crippen MR) is 117 cm³/mol. The number of carbonyl (C=O) groups excluding carboxylic acids is 2. The van der Waals surface area contributed by atoms with E-state index in [0.717, 1.165) is 12.1 Å². The molecule has 8 nitrogen and oxygen atoms in total. The standard InChI is InChI=1S/C24H23N3O5/c28-21-9-8-19(25-24(30)20-7-4-10-31-20)23-17-11-16(13-27(21)23)12-26(14-17)22(29)15-32-18-5-2-1-3-6-18/h1-10,16-17H,11-15H2,(H,25,30)/t16-,17-/m1/s1. The third-order valence-corrected chi connectivity index (χ3v) is 6.04. The second-order valence-electron chi connectivity index (χ2n) is 8.21. The Balaban J connectivity index is 1.35. The van der Waals surface area contributed by atoms with Gasteiger partial charge in [-0.1, -0.05) is 18.2 Å². The second-order valence-corrected chi connectivity index (χ2v) is 8.21. The summed E-state index contributed by atoms with van der Waals surface area (Å²) in [6.45, 7) is 1.54. The van der Waals surface area contributed by atoms with Crippen molar-refractivity contribution in [2.45, 2.75) is 18.9 Å². The Morgan fingerprint density at radius 1 is 1.03 bits per heavy atom. The number of pyridine rings is 1. The molecule has 1 saturated heterocycles. The van der Waals surface area contributed by atoms with E-state index in [2.05, 4.69) is 5.32 Å². The number of aromatic nitrogens is 1. The number of amides is 2. The highest BCUT2D eigenvalue weighted by molar-refractivity contribution is 6.02. The second kappa shape index (κ2) is 8.37. The molecule has 2 amide bonds. The number of para-hydroxylation sites is 1. The summed E-state index contributed by atoms with van der Waals surface area (Å²) in [5, 5.41) is 2.87. The van der Waals surface area contributed by atoms with Gasteiger partial charge in [0.2, 0.25) is 0 Å². The van der Waals surface area contributed by atoms with Crippen molar-refractivity contribution in [1.29, 1.82) is 0 Å². The van der Waals surface area contributed by atoms with Gasteiger partial charge in [0.05, 0.1) is 12.0 Å². The Kier molecular flexibility index (Phi) is 5.26. The molecule has 5 rings (SSSR count). The Bertz CT molecular complexity index is 1190. The molecule has 4 heterocycles. The normalized spacial score (nSPS) is 19.2. The molecule has 1 aromatic carbocycles. The van der Waals surface area contributed by atoms with Gasteiger partial charge in [0, 0.05) is 37.3 Å². The molecule has 0 aliphatic carbocycles. The van der Waals surface area contributed by atoms with Crippen LogP contribution in [0, 0.1) is 5.92 Å². The fourth-order valence-electron chi connectivity index (χ4n) is 4.67. The first-order chi connectivity index (χ1) is 15.6. The summed E-state index contributed by atoms with van der Waals surface area (Å²) in [4.78, 5) is 39.8. The number of furan rings is 1. The molecule has 1 N–H and O–H groups in total. The smallest absolute Gasteiger partial charge is 0.291 e. The summed E-state index contributed by atoms with van der Waals surface area (Å²) in [5.74, 6) is 0.509. The maximum absolute atomic E-state index is 12.8. The largest absolute Gasteiger partial charge is 0.484 e. The molecule has 2 aliphatic rings. The van der Waals surface area contributed by atoms with E-state index in [9.17, 15) is 14.4 Å². The van der Waals surface area contributed by atoms with Crippen LogP contribution in [0.4, 0.5) is 5.69 Å². The van der Waals surface area contributed by atoms with Crippen molar-refractivity contribution in [2.24, 2.45) is 5.92 Å². The highest BCUT2D eigenvalue weighted by Crippen LogP contribution is 2.38. The molecule has 0 spiro atoms. The van der Waals surface area contributed by atoms with Crippen LogP contribution in [0.15, 0.2) is 70.1 Å². The average Bonchev–Trinajstić information content (AvgIpc) is 3.35. The van der Waals surface area contributed by atoms with Crippen molar-refractivity contribution in [3.05, 3.63) is 82.7 Å². The van der Waals surface area contributed by atoms with Crippen LogP contribution >= 0.6 is 0 Å². The van der Waals surface area contributed by atoms with Gasteiger partial charge in [-0.05, 0) is 42.7 Å². The number of rotatable bonds is 5. The summed E-state index contributed by atoms with van der Waals surface area (Å²) < 4.78 is 12.6. The third kappa shape index (κ3) is 3.91. The zero-order chi connectivity index (χ0) is 22.1. The number of hydrogen-bond acceptors (Lipinski definition) is 5. The van der Waals surface area contributed by atoms with E-state index in [-0.39, 0.29) is 41.6 Å². The molecule has 32 heavy (non-hydrogen) atoms. The molecular weight excluding hydrogens is 410 g/mol. The van der Waals surface area contributed by atoms with E-state index in [0.29, 0.717) is 31.1 Å². The molecule has 1 fully saturated rings. The monoisotopic (exact) mass is 433 g/mol. The Morgan fingerprint density at radius 3 is 2.66 bits per heavy atom. The van der Waals surface area contributed by atoms with E-state index in [4.69, 9.17) is 9.15 Å². The minimum atomic E-state index is -0.376. The first-order valence-corrected chi connectivity index (χ1v) is 10.6. The number of anilines is 1. The van der Waals surface area contributed by atoms with Gasteiger partial charge in [-0.15, -0.1) is 0 Å². The Labute approximate surface area is 184 Å². The Hall–Kier alpha value is -3.81. The molecule has 8 heteroatoms. The SMILES string of the molecule is O=C(Nc1ccc(=O)n2c1[C@@H]1C[C@H](CN(C(=O)COc3ccccc3)C1)C2)c1ccco1. The molecule has 2 bridgehead atoms. The van der Waals surface area contributed by atoms with E-state index in [1.165, 1.54) is 12.3 Å². The minimum Gasteiger partial charge on any atom is -0.484 e. The summed E-state index contributed by atoms with van der Waals surface area (Å²) >= 11 is 0. The Morgan fingerprint density at radius 2 is 1.88 bits per heavy atom. The van der Waals surface area contributed by atoms with Crippen LogP contribution in [0.3, 0.4) is 0 Å². The fourth-order valence-corrected chi connectivity index (χ4v) is 4.67. The number of piperidine rings is 1. The van der Waals surface area contributed by atoms with Crippen molar-refractivity contribution in [2.75, 3.05) is 25.0 Å². The number of benzene rings is 1. The third-order valence-electron chi connectivity index (χ3n) is 6.04. The molecule has 2 atom stereocenters. The van der Waals surface area contributed by atoms with E-state index < -0.39 is 0 Å². The van der Waals surface area contributed by atoms with Crippen molar-refractivity contribution >= 4 is 17.5 Å². The fraction of sp³-hybridized carbons (Fsp3) is 0.292. The van der Waals surface area contributed by atoms with Gasteiger partial charge in [-0.2, -0.15) is 0 Å². The van der Waals surface area contributed by atoms with Gasteiger partial charge in [0.1, 0.15) is 5.75 Å². The lowest BCUT2D eigenvalue weighted by Crippen LogP contribution is -2.50. The van der Waals surface area contributed by atoms with Crippen LogP contribution in [-0.2, 0) is 11.3 Å². The first kappa shape index (κ1) is 20.1. The molecule has 2 aliphatic heterocycles. The van der Waals surface area contributed by atoms with Gasteiger partial charge < -0.3 is 23.9 Å². The molecule has 2 aromatic heterocycles. The molecule has 0 unspecified atom stereocenters. The van der Waals surface area contributed by atoms with Crippen molar-refractivity contribution in [1.82, 2.24) is 9.47 Å². The zero-order valence-electron chi connectivity index (χ0n) is 17.4. The van der Waals surface area contributed by atoms with Gasteiger partial charge >= 0.3 is 0 Å². The number of likely N-dealkylation sites (tertiary alicyclic amines) is 1. The number of nitrogens with zero attached hydrogens (tertiary/aromatic N) is 2.